The van der Waals surface area contributed by atoms with E-state index in [1.165, 1.54) is 30.2 Å². The SMILES string of the molecule is CC(C)C1CCSC(NC(C)C2CCOCC2)=N1. The fraction of sp³-hybridized carbons (Fsp3) is 0.929. The molecule has 0 radical (unpaired) electrons. The van der Waals surface area contributed by atoms with Crippen LogP contribution in [0.2, 0.25) is 0 Å². The van der Waals surface area contributed by atoms with Gasteiger partial charge in [0.05, 0.1) is 6.04 Å². The van der Waals surface area contributed by atoms with E-state index in [9.17, 15) is 0 Å². The number of aliphatic imine (C=N–C) groups is 1. The van der Waals surface area contributed by atoms with Crippen molar-refractivity contribution >= 4 is 16.9 Å². The molecule has 4 heteroatoms. The number of ether oxygens (including phenoxy) is 1. The largest absolute Gasteiger partial charge is 0.381 e. The first kappa shape index (κ1) is 14.2. The Hall–Kier alpha value is -0.220. The molecule has 0 spiro atoms. The first-order chi connectivity index (χ1) is 8.66. The van der Waals surface area contributed by atoms with Crippen molar-refractivity contribution in [1.29, 1.82) is 0 Å². The minimum Gasteiger partial charge on any atom is -0.381 e. The van der Waals surface area contributed by atoms with E-state index in [2.05, 4.69) is 26.1 Å². The summed E-state index contributed by atoms with van der Waals surface area (Å²) in [5.74, 6) is 2.59. The fourth-order valence-electron chi connectivity index (χ4n) is 2.62. The second-order valence-electron chi connectivity index (χ2n) is 5.77. The molecule has 1 N–H and O–H groups in total. The molecule has 0 amide bonds. The van der Waals surface area contributed by atoms with Gasteiger partial charge in [0, 0.05) is 25.0 Å². The summed E-state index contributed by atoms with van der Waals surface area (Å²) in [6.07, 6.45) is 3.58. The number of thioether (sulfide) groups is 1. The Bertz CT molecular complexity index is 288. The van der Waals surface area contributed by atoms with Crippen molar-refractivity contribution in [2.45, 2.75) is 52.1 Å². The number of amidine groups is 1. The van der Waals surface area contributed by atoms with Gasteiger partial charge in [-0.3, -0.25) is 4.99 Å². The standard InChI is InChI=1S/C14H26N2OS/c1-10(2)13-6-9-18-14(16-13)15-11(3)12-4-7-17-8-5-12/h10-13H,4-9H2,1-3H3,(H,15,16). The monoisotopic (exact) mass is 270 g/mol. The van der Waals surface area contributed by atoms with Gasteiger partial charge in [0.1, 0.15) is 0 Å². The third-order valence-electron chi connectivity index (χ3n) is 4.03. The molecule has 0 aromatic carbocycles. The topological polar surface area (TPSA) is 33.6 Å². The summed E-state index contributed by atoms with van der Waals surface area (Å²) < 4.78 is 5.43. The van der Waals surface area contributed by atoms with E-state index in [1.54, 1.807) is 0 Å². The van der Waals surface area contributed by atoms with Gasteiger partial charge in [0.25, 0.3) is 0 Å². The van der Waals surface area contributed by atoms with E-state index in [0.29, 0.717) is 18.0 Å². The van der Waals surface area contributed by atoms with Crippen LogP contribution in [0, 0.1) is 11.8 Å². The third-order valence-corrected chi connectivity index (χ3v) is 4.97. The third kappa shape index (κ3) is 3.89. The lowest BCUT2D eigenvalue weighted by Crippen LogP contribution is -2.41. The van der Waals surface area contributed by atoms with Crippen molar-refractivity contribution in [2.75, 3.05) is 19.0 Å². The normalized spacial score (nSPS) is 28.0. The molecular weight excluding hydrogens is 244 g/mol. The van der Waals surface area contributed by atoms with E-state index < -0.39 is 0 Å². The Balaban J connectivity index is 1.87. The molecule has 1 fully saturated rings. The highest BCUT2D eigenvalue weighted by molar-refractivity contribution is 8.13. The van der Waals surface area contributed by atoms with E-state index in [0.717, 1.165) is 19.1 Å². The van der Waals surface area contributed by atoms with Gasteiger partial charge in [-0.1, -0.05) is 25.6 Å². The van der Waals surface area contributed by atoms with Gasteiger partial charge in [-0.2, -0.15) is 0 Å². The molecule has 2 aliphatic heterocycles. The van der Waals surface area contributed by atoms with Crippen LogP contribution in [0.5, 0.6) is 0 Å². The van der Waals surface area contributed by atoms with Crippen molar-refractivity contribution in [1.82, 2.24) is 5.32 Å². The van der Waals surface area contributed by atoms with Crippen LogP contribution < -0.4 is 5.32 Å². The molecule has 2 heterocycles. The molecule has 0 aromatic rings. The quantitative estimate of drug-likeness (QED) is 0.856. The highest BCUT2D eigenvalue weighted by Crippen LogP contribution is 2.24. The van der Waals surface area contributed by atoms with Gasteiger partial charge in [-0.15, -0.1) is 0 Å². The fourth-order valence-corrected chi connectivity index (χ4v) is 3.65. The first-order valence-corrected chi connectivity index (χ1v) is 8.20. The minimum atomic E-state index is 0.510. The highest BCUT2D eigenvalue weighted by atomic mass is 32.2. The molecule has 3 nitrogen and oxygen atoms in total. The van der Waals surface area contributed by atoms with Crippen LogP contribution in [0.4, 0.5) is 0 Å². The summed E-state index contributed by atoms with van der Waals surface area (Å²) in [5.41, 5.74) is 0. The highest BCUT2D eigenvalue weighted by Gasteiger charge is 2.24. The number of nitrogens with one attached hydrogen (secondary N) is 1. The van der Waals surface area contributed by atoms with Gasteiger partial charge in [-0.05, 0) is 38.0 Å². The van der Waals surface area contributed by atoms with Gasteiger partial charge in [0.2, 0.25) is 0 Å². The van der Waals surface area contributed by atoms with Crippen LogP contribution in [0.1, 0.15) is 40.0 Å². The predicted molar refractivity (Wildman–Crippen MR) is 79.3 cm³/mol. The van der Waals surface area contributed by atoms with Crippen molar-refractivity contribution in [3.05, 3.63) is 0 Å². The zero-order chi connectivity index (χ0) is 13.0. The van der Waals surface area contributed by atoms with E-state index in [1.807, 2.05) is 11.8 Å². The molecule has 18 heavy (non-hydrogen) atoms. The Labute approximate surface area is 115 Å². The lowest BCUT2D eigenvalue weighted by atomic mass is 9.93. The molecule has 2 unspecified atom stereocenters. The average Bonchev–Trinajstić information content (AvgIpc) is 2.40. The molecule has 2 atom stereocenters. The van der Waals surface area contributed by atoms with Gasteiger partial charge >= 0.3 is 0 Å². The summed E-state index contributed by atoms with van der Waals surface area (Å²) in [6, 6.07) is 1.03. The van der Waals surface area contributed by atoms with Crippen LogP contribution >= 0.6 is 11.8 Å². The second-order valence-corrected chi connectivity index (χ2v) is 6.85. The Kier molecular flexibility index (Phi) is 5.37. The molecule has 1 saturated heterocycles. The molecule has 0 bridgehead atoms. The maximum atomic E-state index is 5.43. The Morgan fingerprint density at radius 3 is 2.61 bits per heavy atom. The molecule has 2 aliphatic rings. The maximum absolute atomic E-state index is 5.43. The van der Waals surface area contributed by atoms with Gasteiger partial charge < -0.3 is 10.1 Å². The predicted octanol–water partition coefficient (Wildman–Crippen LogP) is 2.91. The number of nitrogens with zero attached hydrogens (tertiary/aromatic N) is 1. The van der Waals surface area contributed by atoms with E-state index in [-0.39, 0.29) is 0 Å². The summed E-state index contributed by atoms with van der Waals surface area (Å²) in [7, 11) is 0. The van der Waals surface area contributed by atoms with Crippen LogP contribution in [-0.4, -0.2) is 36.2 Å². The summed E-state index contributed by atoms with van der Waals surface area (Å²) in [5, 5.41) is 4.80. The minimum absolute atomic E-state index is 0.510. The summed E-state index contributed by atoms with van der Waals surface area (Å²) in [4.78, 5) is 4.85. The van der Waals surface area contributed by atoms with Crippen LogP contribution in [-0.2, 0) is 4.74 Å². The number of hydrogen-bond acceptors (Lipinski definition) is 4. The lowest BCUT2D eigenvalue weighted by Gasteiger charge is -2.31. The van der Waals surface area contributed by atoms with Crippen LogP contribution in [0.15, 0.2) is 4.99 Å². The number of rotatable bonds is 3. The summed E-state index contributed by atoms with van der Waals surface area (Å²) >= 11 is 1.88. The van der Waals surface area contributed by atoms with E-state index in [4.69, 9.17) is 9.73 Å². The Morgan fingerprint density at radius 1 is 1.22 bits per heavy atom. The maximum Gasteiger partial charge on any atom is 0.157 e. The second kappa shape index (κ2) is 6.80. The number of hydrogen-bond donors (Lipinski definition) is 1. The average molecular weight is 270 g/mol. The van der Waals surface area contributed by atoms with E-state index >= 15 is 0 Å². The summed E-state index contributed by atoms with van der Waals surface area (Å²) in [6.45, 7) is 8.67. The molecular formula is C14H26N2OS. The first-order valence-electron chi connectivity index (χ1n) is 7.21. The van der Waals surface area contributed by atoms with Crippen molar-refractivity contribution in [3.8, 4) is 0 Å². The smallest absolute Gasteiger partial charge is 0.157 e. The van der Waals surface area contributed by atoms with Crippen molar-refractivity contribution in [2.24, 2.45) is 16.8 Å². The van der Waals surface area contributed by atoms with Crippen molar-refractivity contribution < 1.29 is 4.74 Å². The molecule has 0 saturated carbocycles. The molecule has 0 aliphatic carbocycles. The Morgan fingerprint density at radius 2 is 1.94 bits per heavy atom. The van der Waals surface area contributed by atoms with Crippen LogP contribution in [0.3, 0.4) is 0 Å². The lowest BCUT2D eigenvalue weighted by molar-refractivity contribution is 0.0583. The molecule has 2 rings (SSSR count). The van der Waals surface area contributed by atoms with Gasteiger partial charge in [0.15, 0.2) is 5.17 Å². The molecule has 104 valence electrons. The van der Waals surface area contributed by atoms with Gasteiger partial charge in [-0.25, -0.2) is 0 Å². The molecule has 0 aromatic heterocycles. The van der Waals surface area contributed by atoms with Crippen LogP contribution in [0.25, 0.3) is 0 Å². The zero-order valence-corrected chi connectivity index (χ0v) is 12.6. The zero-order valence-electron chi connectivity index (χ0n) is 11.8. The van der Waals surface area contributed by atoms with Crippen molar-refractivity contribution in [3.63, 3.8) is 0 Å².